The van der Waals surface area contributed by atoms with Crippen LogP contribution in [0.3, 0.4) is 0 Å². The van der Waals surface area contributed by atoms with E-state index in [0.717, 1.165) is 17.8 Å². The topological polar surface area (TPSA) is 17.8 Å². The normalized spacial score (nSPS) is 11.2. The predicted molar refractivity (Wildman–Crippen MR) is 110 cm³/mol. The van der Waals surface area contributed by atoms with E-state index in [2.05, 4.69) is 86.9 Å². The van der Waals surface area contributed by atoms with Crippen molar-refractivity contribution in [2.75, 3.05) is 0 Å². The highest BCUT2D eigenvalue weighted by Crippen LogP contribution is 2.33. The summed E-state index contributed by atoms with van der Waals surface area (Å²) in [5.41, 5.74) is 10.1. The van der Waals surface area contributed by atoms with Crippen molar-refractivity contribution in [2.24, 2.45) is 0 Å². The maximum absolute atomic E-state index is 4.75. The van der Waals surface area contributed by atoms with Crippen LogP contribution in [0.15, 0.2) is 60.8 Å². The molecule has 4 aromatic rings. The Morgan fingerprint density at radius 1 is 0.885 bits per heavy atom. The number of hydrogen-bond acceptors (Lipinski definition) is 1. The van der Waals surface area contributed by atoms with Gasteiger partial charge >= 0.3 is 0 Å². The first kappa shape index (κ1) is 16.6. The van der Waals surface area contributed by atoms with E-state index in [1.54, 1.807) is 0 Å². The minimum Gasteiger partial charge on any atom is -0.338 e. The molecule has 4 rings (SSSR count). The van der Waals surface area contributed by atoms with E-state index < -0.39 is 0 Å². The van der Waals surface area contributed by atoms with Gasteiger partial charge in [-0.2, -0.15) is 0 Å². The standard InChI is InChI=1S/C24H24N2/c1-16-10-11-17(2)21(14-16)15-26-19(4)18(3)22-12-13-25-23(24(22)26)20-8-6-5-7-9-20/h5-14H,15H2,1-4H3. The highest BCUT2D eigenvalue weighted by atomic mass is 15.0. The fourth-order valence-electron chi connectivity index (χ4n) is 3.74. The van der Waals surface area contributed by atoms with Gasteiger partial charge < -0.3 is 4.57 Å². The molecule has 0 unspecified atom stereocenters. The molecule has 2 nitrogen and oxygen atoms in total. The number of pyridine rings is 1. The van der Waals surface area contributed by atoms with E-state index in [4.69, 9.17) is 4.98 Å². The smallest absolute Gasteiger partial charge is 0.0945 e. The fourth-order valence-corrected chi connectivity index (χ4v) is 3.74. The lowest BCUT2D eigenvalue weighted by Gasteiger charge is -2.14. The Bertz CT molecular complexity index is 1090. The molecular weight excluding hydrogens is 316 g/mol. The van der Waals surface area contributed by atoms with E-state index >= 15 is 0 Å². The highest BCUT2D eigenvalue weighted by molar-refractivity contribution is 5.95. The van der Waals surface area contributed by atoms with Gasteiger partial charge in [0.05, 0.1) is 11.2 Å². The zero-order valence-corrected chi connectivity index (χ0v) is 15.9. The molecule has 0 aliphatic rings. The number of aryl methyl sites for hydroxylation is 3. The molecule has 26 heavy (non-hydrogen) atoms. The van der Waals surface area contributed by atoms with Crippen molar-refractivity contribution >= 4 is 10.9 Å². The third-order valence-electron chi connectivity index (χ3n) is 5.43. The molecule has 0 saturated heterocycles. The van der Waals surface area contributed by atoms with Gasteiger partial charge in [0.15, 0.2) is 0 Å². The molecule has 0 radical (unpaired) electrons. The van der Waals surface area contributed by atoms with Crippen LogP contribution in [0.25, 0.3) is 22.2 Å². The van der Waals surface area contributed by atoms with Crippen LogP contribution in [0.1, 0.15) is 27.9 Å². The summed E-state index contributed by atoms with van der Waals surface area (Å²) < 4.78 is 2.43. The first-order valence-electron chi connectivity index (χ1n) is 9.12. The minimum atomic E-state index is 0.870. The molecule has 2 aromatic carbocycles. The van der Waals surface area contributed by atoms with Crippen molar-refractivity contribution in [2.45, 2.75) is 34.2 Å². The summed E-state index contributed by atoms with van der Waals surface area (Å²) in [5.74, 6) is 0. The number of nitrogens with zero attached hydrogens (tertiary/aromatic N) is 2. The Morgan fingerprint density at radius 2 is 1.65 bits per heavy atom. The first-order chi connectivity index (χ1) is 12.6. The van der Waals surface area contributed by atoms with E-state index in [-0.39, 0.29) is 0 Å². The van der Waals surface area contributed by atoms with Crippen LogP contribution in [0.5, 0.6) is 0 Å². The van der Waals surface area contributed by atoms with Crippen molar-refractivity contribution in [1.82, 2.24) is 9.55 Å². The van der Waals surface area contributed by atoms with Gasteiger partial charge in [-0.3, -0.25) is 4.98 Å². The van der Waals surface area contributed by atoms with Crippen LogP contribution < -0.4 is 0 Å². The van der Waals surface area contributed by atoms with Crippen LogP contribution in [-0.4, -0.2) is 9.55 Å². The quantitative estimate of drug-likeness (QED) is 0.448. The summed E-state index contributed by atoms with van der Waals surface area (Å²) in [5, 5.41) is 1.29. The number of benzene rings is 2. The summed E-state index contributed by atoms with van der Waals surface area (Å²) in [7, 11) is 0. The van der Waals surface area contributed by atoms with Gasteiger partial charge in [-0.1, -0.05) is 54.1 Å². The van der Waals surface area contributed by atoms with Crippen molar-refractivity contribution in [3.05, 3.63) is 88.7 Å². The zero-order chi connectivity index (χ0) is 18.3. The predicted octanol–water partition coefficient (Wildman–Crippen LogP) is 5.99. The summed E-state index contributed by atoms with van der Waals surface area (Å²) in [6.07, 6.45) is 1.93. The van der Waals surface area contributed by atoms with Crippen molar-refractivity contribution < 1.29 is 0 Å². The van der Waals surface area contributed by atoms with Gasteiger partial charge in [0.1, 0.15) is 0 Å². The molecule has 0 fully saturated rings. The maximum atomic E-state index is 4.75. The van der Waals surface area contributed by atoms with Gasteiger partial charge in [-0.15, -0.1) is 0 Å². The molecule has 0 bridgehead atoms. The van der Waals surface area contributed by atoms with E-state index in [9.17, 15) is 0 Å². The third-order valence-corrected chi connectivity index (χ3v) is 5.43. The molecular formula is C24H24N2. The number of fused-ring (bicyclic) bond motifs is 1. The third kappa shape index (κ3) is 2.72. The van der Waals surface area contributed by atoms with Crippen LogP contribution >= 0.6 is 0 Å². The molecule has 0 atom stereocenters. The molecule has 2 heteroatoms. The van der Waals surface area contributed by atoms with Gasteiger partial charge in [0.2, 0.25) is 0 Å². The first-order valence-corrected chi connectivity index (χ1v) is 9.12. The lowest BCUT2D eigenvalue weighted by atomic mass is 10.1. The summed E-state index contributed by atoms with van der Waals surface area (Å²) in [6.45, 7) is 9.65. The van der Waals surface area contributed by atoms with Gasteiger partial charge in [0.25, 0.3) is 0 Å². The Balaban J connectivity index is 1.97. The summed E-state index contributed by atoms with van der Waals surface area (Å²) in [4.78, 5) is 4.75. The largest absolute Gasteiger partial charge is 0.338 e. The molecule has 0 aliphatic heterocycles. The zero-order valence-electron chi connectivity index (χ0n) is 15.9. The Morgan fingerprint density at radius 3 is 2.42 bits per heavy atom. The molecule has 2 heterocycles. The summed E-state index contributed by atoms with van der Waals surface area (Å²) >= 11 is 0. The van der Waals surface area contributed by atoms with E-state index in [1.807, 2.05) is 6.20 Å². The van der Waals surface area contributed by atoms with E-state index in [1.165, 1.54) is 38.9 Å². The van der Waals surface area contributed by atoms with Crippen LogP contribution in [0, 0.1) is 27.7 Å². The molecule has 0 saturated carbocycles. The average molecular weight is 340 g/mol. The molecule has 0 N–H and O–H groups in total. The second-order valence-electron chi connectivity index (χ2n) is 7.15. The van der Waals surface area contributed by atoms with Crippen LogP contribution in [0.4, 0.5) is 0 Å². The highest BCUT2D eigenvalue weighted by Gasteiger charge is 2.17. The molecule has 130 valence electrons. The fraction of sp³-hybridized carbons (Fsp3) is 0.208. The Hall–Kier alpha value is -2.87. The lowest BCUT2D eigenvalue weighted by Crippen LogP contribution is -2.05. The monoisotopic (exact) mass is 340 g/mol. The Kier molecular flexibility index (Phi) is 4.12. The van der Waals surface area contributed by atoms with Crippen molar-refractivity contribution in [3.8, 4) is 11.3 Å². The van der Waals surface area contributed by atoms with Crippen molar-refractivity contribution in [1.29, 1.82) is 0 Å². The van der Waals surface area contributed by atoms with Gasteiger partial charge in [0, 0.05) is 29.4 Å². The number of hydrogen-bond donors (Lipinski definition) is 0. The minimum absolute atomic E-state index is 0.870. The molecule has 2 aromatic heterocycles. The molecule has 0 spiro atoms. The second kappa shape index (κ2) is 6.45. The SMILES string of the molecule is Cc1ccc(C)c(Cn2c(C)c(C)c3ccnc(-c4ccccc4)c32)c1. The lowest BCUT2D eigenvalue weighted by molar-refractivity contribution is 0.794. The Labute approximate surface area is 155 Å². The number of aromatic nitrogens is 2. The van der Waals surface area contributed by atoms with Crippen molar-refractivity contribution in [3.63, 3.8) is 0 Å². The summed E-state index contributed by atoms with van der Waals surface area (Å²) in [6, 6.07) is 19.3. The van der Waals surface area contributed by atoms with Gasteiger partial charge in [-0.05, 0) is 50.5 Å². The van der Waals surface area contributed by atoms with Gasteiger partial charge in [-0.25, -0.2) is 0 Å². The average Bonchev–Trinajstić information content (AvgIpc) is 2.90. The number of rotatable bonds is 3. The second-order valence-corrected chi connectivity index (χ2v) is 7.15. The molecule has 0 aliphatic carbocycles. The van der Waals surface area contributed by atoms with Crippen LogP contribution in [-0.2, 0) is 6.54 Å². The van der Waals surface area contributed by atoms with E-state index in [0.29, 0.717) is 0 Å². The maximum Gasteiger partial charge on any atom is 0.0945 e. The van der Waals surface area contributed by atoms with Crippen LogP contribution in [0.2, 0.25) is 0 Å². The molecule has 0 amide bonds.